The molecule has 2 aliphatic rings. The highest BCUT2D eigenvalue weighted by atomic mass is 16.2. The molecule has 0 spiro atoms. The first-order valence-electron chi connectivity index (χ1n) is 7.98. The Balaban J connectivity index is 1.79. The van der Waals surface area contributed by atoms with Gasteiger partial charge in [-0.2, -0.15) is 5.26 Å². The van der Waals surface area contributed by atoms with Crippen molar-refractivity contribution in [3.8, 4) is 6.07 Å². The zero-order valence-corrected chi connectivity index (χ0v) is 13.5. The minimum Gasteiger partial charge on any atom is -0.330 e. The molecule has 0 saturated carbocycles. The van der Waals surface area contributed by atoms with E-state index in [1.54, 1.807) is 24.3 Å². The van der Waals surface area contributed by atoms with Gasteiger partial charge in [-0.05, 0) is 57.9 Å². The maximum Gasteiger partial charge on any atom is 0.254 e. The van der Waals surface area contributed by atoms with Gasteiger partial charge in [0.15, 0.2) is 0 Å². The Bertz CT molecular complexity index is 595. The molecule has 2 atom stereocenters. The molecule has 2 unspecified atom stereocenters. The van der Waals surface area contributed by atoms with Crippen LogP contribution in [0.4, 0.5) is 0 Å². The first-order chi connectivity index (χ1) is 10.4. The van der Waals surface area contributed by atoms with Crippen LogP contribution in [0.3, 0.4) is 0 Å². The maximum absolute atomic E-state index is 12.8. The Morgan fingerprint density at radius 3 is 2.14 bits per heavy atom. The van der Waals surface area contributed by atoms with Gasteiger partial charge in [0.05, 0.1) is 11.6 Å². The zero-order chi connectivity index (χ0) is 15.9. The maximum atomic E-state index is 12.8. The lowest BCUT2D eigenvalue weighted by Gasteiger charge is -2.46. The summed E-state index contributed by atoms with van der Waals surface area (Å²) in [5, 5.41) is 8.86. The summed E-state index contributed by atoms with van der Waals surface area (Å²) < 4.78 is 0. The summed E-state index contributed by atoms with van der Waals surface area (Å²) >= 11 is 0. The molecule has 0 radical (unpaired) electrons. The van der Waals surface area contributed by atoms with Gasteiger partial charge in [0, 0.05) is 36.3 Å². The third-order valence-corrected chi connectivity index (χ3v) is 4.93. The number of carbonyl (C=O) groups excluding carboxylic acids is 1. The fourth-order valence-corrected chi connectivity index (χ4v) is 3.62. The molecule has 116 valence electrons. The van der Waals surface area contributed by atoms with Crippen molar-refractivity contribution < 1.29 is 4.79 Å². The lowest BCUT2D eigenvalue weighted by molar-refractivity contribution is 0.0153. The van der Waals surface area contributed by atoms with Crippen LogP contribution in [0.2, 0.25) is 0 Å². The van der Waals surface area contributed by atoms with E-state index < -0.39 is 0 Å². The number of hydrogen-bond acceptors (Lipinski definition) is 3. The number of benzene rings is 1. The van der Waals surface area contributed by atoms with Gasteiger partial charge in [-0.1, -0.05) is 0 Å². The molecule has 2 fully saturated rings. The molecule has 1 aromatic carbocycles. The molecule has 3 rings (SSSR count). The van der Waals surface area contributed by atoms with E-state index in [2.05, 4.69) is 36.6 Å². The highest BCUT2D eigenvalue weighted by Gasteiger charge is 2.44. The molecule has 2 bridgehead atoms. The number of likely N-dealkylation sites (tertiary alicyclic amines) is 1. The summed E-state index contributed by atoms with van der Waals surface area (Å²) in [5.41, 5.74) is 1.45. The molecule has 0 aliphatic carbocycles. The van der Waals surface area contributed by atoms with E-state index >= 15 is 0 Å². The summed E-state index contributed by atoms with van der Waals surface area (Å²) in [6, 6.07) is 9.73. The van der Waals surface area contributed by atoms with Crippen molar-refractivity contribution in [3.05, 3.63) is 35.4 Å². The van der Waals surface area contributed by atoms with Gasteiger partial charge in [-0.25, -0.2) is 0 Å². The monoisotopic (exact) mass is 297 g/mol. The van der Waals surface area contributed by atoms with Crippen molar-refractivity contribution in [2.24, 2.45) is 0 Å². The number of fused-ring (bicyclic) bond motifs is 2. The first-order valence-corrected chi connectivity index (χ1v) is 7.98. The smallest absolute Gasteiger partial charge is 0.254 e. The van der Waals surface area contributed by atoms with Gasteiger partial charge in [-0.3, -0.25) is 9.69 Å². The van der Waals surface area contributed by atoms with Gasteiger partial charge < -0.3 is 4.90 Å². The van der Waals surface area contributed by atoms with E-state index in [4.69, 9.17) is 5.26 Å². The summed E-state index contributed by atoms with van der Waals surface area (Å²) in [5.74, 6) is 0.116. The summed E-state index contributed by atoms with van der Waals surface area (Å²) in [6.45, 7) is 8.64. The Morgan fingerprint density at radius 1 is 1.14 bits per heavy atom. The van der Waals surface area contributed by atoms with Crippen LogP contribution in [0.1, 0.15) is 49.5 Å². The average Bonchev–Trinajstić information content (AvgIpc) is 2.75. The Hall–Kier alpha value is -1.86. The molecular weight excluding hydrogens is 274 g/mol. The van der Waals surface area contributed by atoms with Crippen molar-refractivity contribution in [1.29, 1.82) is 5.26 Å². The highest BCUT2D eigenvalue weighted by Crippen LogP contribution is 2.34. The van der Waals surface area contributed by atoms with Crippen LogP contribution < -0.4 is 0 Å². The van der Waals surface area contributed by atoms with Crippen molar-refractivity contribution in [2.75, 3.05) is 13.1 Å². The number of rotatable bonds is 1. The minimum atomic E-state index is 0.116. The van der Waals surface area contributed by atoms with Crippen molar-refractivity contribution in [1.82, 2.24) is 9.80 Å². The number of nitriles is 1. The normalized spacial score (nSPS) is 25.1. The molecule has 4 nitrogen and oxygen atoms in total. The van der Waals surface area contributed by atoms with Crippen LogP contribution >= 0.6 is 0 Å². The molecule has 1 amide bonds. The zero-order valence-electron chi connectivity index (χ0n) is 13.5. The molecule has 0 N–H and O–H groups in total. The molecule has 0 aromatic heterocycles. The molecule has 2 aliphatic heterocycles. The Labute approximate surface area is 132 Å². The third-order valence-electron chi connectivity index (χ3n) is 4.93. The van der Waals surface area contributed by atoms with Crippen LogP contribution in [-0.4, -0.2) is 46.4 Å². The van der Waals surface area contributed by atoms with E-state index in [0.717, 1.165) is 25.9 Å². The second-order valence-corrected chi connectivity index (χ2v) is 7.36. The van der Waals surface area contributed by atoms with Crippen molar-refractivity contribution in [2.45, 2.75) is 51.2 Å². The second kappa shape index (κ2) is 5.40. The second-order valence-electron chi connectivity index (χ2n) is 7.36. The lowest BCUT2D eigenvalue weighted by atomic mass is 10.0. The fourth-order valence-electron chi connectivity index (χ4n) is 3.62. The Morgan fingerprint density at radius 2 is 1.68 bits per heavy atom. The van der Waals surface area contributed by atoms with Gasteiger partial charge in [0.25, 0.3) is 5.91 Å². The summed E-state index contributed by atoms with van der Waals surface area (Å²) in [6.07, 6.45) is 2.19. The molecule has 4 heteroatoms. The Kier molecular flexibility index (Phi) is 3.70. The summed E-state index contributed by atoms with van der Waals surface area (Å²) in [7, 11) is 0. The number of amides is 1. The quantitative estimate of drug-likeness (QED) is 0.800. The fraction of sp³-hybridized carbons (Fsp3) is 0.556. The molecule has 2 heterocycles. The topological polar surface area (TPSA) is 47.3 Å². The first kappa shape index (κ1) is 15.1. The van der Waals surface area contributed by atoms with Crippen LogP contribution in [-0.2, 0) is 0 Å². The van der Waals surface area contributed by atoms with Crippen molar-refractivity contribution in [3.63, 3.8) is 0 Å². The van der Waals surface area contributed by atoms with E-state index in [-0.39, 0.29) is 11.4 Å². The van der Waals surface area contributed by atoms with Crippen LogP contribution in [0.5, 0.6) is 0 Å². The minimum absolute atomic E-state index is 0.116. The highest BCUT2D eigenvalue weighted by molar-refractivity contribution is 5.95. The van der Waals surface area contributed by atoms with Crippen molar-refractivity contribution >= 4 is 5.91 Å². The van der Waals surface area contributed by atoms with Gasteiger partial charge >= 0.3 is 0 Å². The summed E-state index contributed by atoms with van der Waals surface area (Å²) in [4.78, 5) is 17.4. The SMILES string of the molecule is CC(C)(C)N1CC2CCC(C1)N2C(=O)c1ccc(C#N)cc1. The predicted molar refractivity (Wildman–Crippen MR) is 85.5 cm³/mol. The molecular formula is C18H23N3O. The van der Waals surface area contributed by atoms with E-state index in [1.807, 2.05) is 0 Å². The van der Waals surface area contributed by atoms with Crippen LogP contribution in [0.25, 0.3) is 0 Å². The lowest BCUT2D eigenvalue weighted by Crippen LogP contribution is -2.60. The van der Waals surface area contributed by atoms with E-state index in [9.17, 15) is 4.79 Å². The predicted octanol–water partition coefficient (Wildman–Crippen LogP) is 2.65. The van der Waals surface area contributed by atoms with Crippen LogP contribution in [0.15, 0.2) is 24.3 Å². The third kappa shape index (κ3) is 2.62. The molecule has 22 heavy (non-hydrogen) atoms. The van der Waals surface area contributed by atoms with Gasteiger partial charge in [0.1, 0.15) is 0 Å². The van der Waals surface area contributed by atoms with E-state index in [1.165, 1.54) is 0 Å². The van der Waals surface area contributed by atoms with E-state index in [0.29, 0.717) is 23.2 Å². The van der Waals surface area contributed by atoms with Crippen LogP contribution in [0, 0.1) is 11.3 Å². The number of hydrogen-bond donors (Lipinski definition) is 0. The van der Waals surface area contributed by atoms with Gasteiger partial charge in [0.2, 0.25) is 0 Å². The molecule has 2 saturated heterocycles. The molecule has 1 aromatic rings. The number of piperazine rings is 1. The number of nitrogens with zero attached hydrogens (tertiary/aromatic N) is 3. The standard InChI is InChI=1S/C18H23N3O/c1-18(2,3)20-11-15-8-9-16(12-20)21(15)17(22)14-6-4-13(10-19)5-7-14/h4-7,15-16H,8-9,11-12H2,1-3H3. The largest absolute Gasteiger partial charge is 0.330 e. The average molecular weight is 297 g/mol. The number of carbonyl (C=O) groups is 1. The van der Waals surface area contributed by atoms with Gasteiger partial charge in [-0.15, -0.1) is 0 Å².